The molecular weight excluding hydrogens is 190 g/mol. The van der Waals surface area contributed by atoms with Crippen LogP contribution in [0.4, 0.5) is 11.5 Å². The fraction of sp³-hybridized carbons (Fsp3) is 0.200. The van der Waals surface area contributed by atoms with Gasteiger partial charge in [-0.15, -0.1) is 0 Å². The average Bonchev–Trinajstić information content (AvgIpc) is 2.62. The highest BCUT2D eigenvalue weighted by molar-refractivity contribution is 5.49. The van der Waals surface area contributed by atoms with Crippen molar-refractivity contribution in [2.45, 2.75) is 6.54 Å². The van der Waals surface area contributed by atoms with Crippen molar-refractivity contribution in [3.8, 4) is 0 Å². The van der Waals surface area contributed by atoms with E-state index in [1.807, 2.05) is 25.5 Å². The summed E-state index contributed by atoms with van der Waals surface area (Å²) in [6.07, 6.45) is 5.48. The maximum Gasteiger partial charge on any atom is 0.125 e. The molecule has 0 radical (unpaired) electrons. The van der Waals surface area contributed by atoms with Crippen molar-refractivity contribution in [3.05, 3.63) is 36.3 Å². The molecule has 3 N–H and O–H groups in total. The predicted octanol–water partition coefficient (Wildman–Crippen LogP) is 1.01. The molecule has 0 bridgehead atoms. The zero-order valence-corrected chi connectivity index (χ0v) is 8.51. The number of anilines is 2. The highest BCUT2D eigenvalue weighted by Crippen LogP contribution is 2.10. The highest BCUT2D eigenvalue weighted by Gasteiger charge is 1.96. The molecule has 5 heteroatoms. The van der Waals surface area contributed by atoms with Crippen LogP contribution in [0, 0.1) is 0 Å². The van der Waals surface area contributed by atoms with E-state index < -0.39 is 0 Å². The van der Waals surface area contributed by atoms with Crippen LogP contribution in [-0.4, -0.2) is 14.8 Å². The van der Waals surface area contributed by atoms with Gasteiger partial charge in [0.15, 0.2) is 0 Å². The third-order valence-electron chi connectivity index (χ3n) is 2.04. The molecule has 2 aromatic heterocycles. The number of nitrogen functional groups attached to an aromatic ring is 1. The summed E-state index contributed by atoms with van der Waals surface area (Å²) in [5, 5.41) is 7.33. The molecular formula is C10H13N5. The lowest BCUT2D eigenvalue weighted by Crippen LogP contribution is -1.99. The van der Waals surface area contributed by atoms with E-state index in [0.717, 1.165) is 17.8 Å². The molecule has 0 saturated carbocycles. The van der Waals surface area contributed by atoms with Gasteiger partial charge in [-0.3, -0.25) is 4.68 Å². The van der Waals surface area contributed by atoms with Gasteiger partial charge in [-0.2, -0.15) is 5.10 Å². The molecule has 78 valence electrons. The Kier molecular flexibility index (Phi) is 2.53. The first kappa shape index (κ1) is 9.51. The number of hydrogen-bond acceptors (Lipinski definition) is 4. The number of nitrogens with one attached hydrogen (secondary N) is 1. The van der Waals surface area contributed by atoms with E-state index in [1.54, 1.807) is 16.9 Å². The molecule has 0 fully saturated rings. The van der Waals surface area contributed by atoms with E-state index in [0.29, 0.717) is 5.82 Å². The average molecular weight is 203 g/mol. The lowest BCUT2D eigenvalue weighted by Gasteiger charge is -2.04. The Morgan fingerprint density at radius 1 is 1.53 bits per heavy atom. The Bertz CT molecular complexity index is 449. The number of rotatable bonds is 3. The molecule has 2 aromatic rings. The summed E-state index contributed by atoms with van der Waals surface area (Å²) < 4.78 is 1.78. The zero-order valence-electron chi connectivity index (χ0n) is 8.51. The Hall–Kier alpha value is -2.04. The molecule has 0 unspecified atom stereocenters. The largest absolute Gasteiger partial charge is 0.384 e. The third kappa shape index (κ3) is 2.46. The summed E-state index contributed by atoms with van der Waals surface area (Å²) in [6, 6.07) is 3.68. The van der Waals surface area contributed by atoms with Gasteiger partial charge in [0.05, 0.1) is 6.20 Å². The lowest BCUT2D eigenvalue weighted by molar-refractivity contribution is 0.767. The lowest BCUT2D eigenvalue weighted by atomic mass is 10.3. The van der Waals surface area contributed by atoms with Crippen molar-refractivity contribution < 1.29 is 0 Å². The highest BCUT2D eigenvalue weighted by atomic mass is 15.2. The smallest absolute Gasteiger partial charge is 0.125 e. The standard InChI is InChI=1S/C10H13N5/c1-15-7-8(6-14-15)5-13-9-2-3-12-10(11)4-9/h2-4,6-7H,5H2,1H3,(H3,11,12,13). The zero-order chi connectivity index (χ0) is 10.7. The molecule has 5 nitrogen and oxygen atoms in total. The van der Waals surface area contributed by atoms with E-state index in [1.165, 1.54) is 0 Å². The molecule has 2 rings (SSSR count). The van der Waals surface area contributed by atoms with Gasteiger partial charge in [0, 0.05) is 43.3 Å². The molecule has 0 aliphatic heterocycles. The quantitative estimate of drug-likeness (QED) is 0.781. The topological polar surface area (TPSA) is 68.8 Å². The fourth-order valence-electron chi connectivity index (χ4n) is 1.33. The first-order chi connectivity index (χ1) is 7.24. The van der Waals surface area contributed by atoms with Crippen LogP contribution < -0.4 is 11.1 Å². The maximum atomic E-state index is 5.56. The Balaban J connectivity index is 1.99. The third-order valence-corrected chi connectivity index (χ3v) is 2.04. The van der Waals surface area contributed by atoms with Gasteiger partial charge in [-0.25, -0.2) is 4.98 Å². The maximum absolute atomic E-state index is 5.56. The normalized spacial score (nSPS) is 10.2. The Morgan fingerprint density at radius 2 is 2.40 bits per heavy atom. The summed E-state index contributed by atoms with van der Waals surface area (Å²) >= 11 is 0. The molecule has 0 atom stereocenters. The van der Waals surface area contributed by atoms with E-state index >= 15 is 0 Å². The molecule has 0 aliphatic rings. The molecule has 15 heavy (non-hydrogen) atoms. The van der Waals surface area contributed by atoms with E-state index in [9.17, 15) is 0 Å². The van der Waals surface area contributed by atoms with Crippen LogP contribution in [0.3, 0.4) is 0 Å². The number of pyridine rings is 1. The molecule has 0 aromatic carbocycles. The van der Waals surface area contributed by atoms with Gasteiger partial charge in [-0.05, 0) is 6.07 Å². The van der Waals surface area contributed by atoms with Gasteiger partial charge in [-0.1, -0.05) is 0 Å². The molecule has 2 heterocycles. The molecule has 0 amide bonds. The summed E-state index contributed by atoms with van der Waals surface area (Å²) in [5.74, 6) is 0.520. The van der Waals surface area contributed by atoms with Crippen LogP contribution in [0.1, 0.15) is 5.56 Å². The van der Waals surface area contributed by atoms with E-state index in [4.69, 9.17) is 5.73 Å². The van der Waals surface area contributed by atoms with E-state index in [-0.39, 0.29) is 0 Å². The van der Waals surface area contributed by atoms with Crippen molar-refractivity contribution in [3.63, 3.8) is 0 Å². The number of nitrogens with zero attached hydrogens (tertiary/aromatic N) is 3. The Labute approximate surface area is 87.9 Å². The molecule has 0 spiro atoms. The number of aromatic nitrogens is 3. The number of nitrogens with two attached hydrogens (primary N) is 1. The van der Waals surface area contributed by atoms with Gasteiger partial charge < -0.3 is 11.1 Å². The summed E-state index contributed by atoms with van der Waals surface area (Å²) in [6.45, 7) is 0.733. The number of hydrogen-bond donors (Lipinski definition) is 2. The van der Waals surface area contributed by atoms with Gasteiger partial charge in [0.25, 0.3) is 0 Å². The Morgan fingerprint density at radius 3 is 3.07 bits per heavy atom. The SMILES string of the molecule is Cn1cc(CNc2ccnc(N)c2)cn1. The monoisotopic (exact) mass is 203 g/mol. The van der Waals surface area contributed by atoms with Crippen LogP contribution in [0.25, 0.3) is 0 Å². The number of aryl methyl sites for hydroxylation is 1. The minimum absolute atomic E-state index is 0.520. The second-order valence-corrected chi connectivity index (χ2v) is 3.35. The van der Waals surface area contributed by atoms with Crippen molar-refractivity contribution in [2.24, 2.45) is 7.05 Å². The van der Waals surface area contributed by atoms with Crippen LogP contribution in [0.5, 0.6) is 0 Å². The van der Waals surface area contributed by atoms with Crippen LogP contribution >= 0.6 is 0 Å². The predicted molar refractivity (Wildman–Crippen MR) is 59.2 cm³/mol. The van der Waals surface area contributed by atoms with Crippen molar-refractivity contribution in [2.75, 3.05) is 11.1 Å². The summed E-state index contributed by atoms with van der Waals surface area (Å²) in [5.41, 5.74) is 7.66. The minimum Gasteiger partial charge on any atom is -0.384 e. The first-order valence-electron chi connectivity index (χ1n) is 4.67. The van der Waals surface area contributed by atoms with Crippen LogP contribution in [-0.2, 0) is 13.6 Å². The van der Waals surface area contributed by atoms with Gasteiger partial charge >= 0.3 is 0 Å². The summed E-state index contributed by atoms with van der Waals surface area (Å²) in [7, 11) is 1.90. The van der Waals surface area contributed by atoms with Gasteiger partial charge in [0.2, 0.25) is 0 Å². The van der Waals surface area contributed by atoms with Crippen LogP contribution in [0.15, 0.2) is 30.7 Å². The second-order valence-electron chi connectivity index (χ2n) is 3.35. The minimum atomic E-state index is 0.520. The van der Waals surface area contributed by atoms with Crippen molar-refractivity contribution in [1.82, 2.24) is 14.8 Å². The van der Waals surface area contributed by atoms with Crippen molar-refractivity contribution in [1.29, 1.82) is 0 Å². The van der Waals surface area contributed by atoms with Gasteiger partial charge in [0.1, 0.15) is 5.82 Å². The molecule has 0 aliphatic carbocycles. The second kappa shape index (κ2) is 4.00. The summed E-state index contributed by atoms with van der Waals surface area (Å²) in [4.78, 5) is 3.92. The van der Waals surface area contributed by atoms with Crippen molar-refractivity contribution >= 4 is 11.5 Å². The fourth-order valence-corrected chi connectivity index (χ4v) is 1.33. The van der Waals surface area contributed by atoms with E-state index in [2.05, 4.69) is 15.4 Å². The molecule has 0 saturated heterocycles. The first-order valence-corrected chi connectivity index (χ1v) is 4.67. The van der Waals surface area contributed by atoms with Crippen LogP contribution in [0.2, 0.25) is 0 Å².